The van der Waals surface area contributed by atoms with Crippen molar-refractivity contribution in [3.63, 3.8) is 0 Å². The molecule has 0 aromatic heterocycles. The second kappa shape index (κ2) is 11.6. The number of aliphatic hydroxyl groups excluding tert-OH is 1. The van der Waals surface area contributed by atoms with E-state index in [-0.39, 0.29) is 40.3 Å². The fraction of sp³-hybridized carbons (Fsp3) is 0.500. The van der Waals surface area contributed by atoms with E-state index in [9.17, 15) is 19.5 Å². The summed E-state index contributed by atoms with van der Waals surface area (Å²) in [6, 6.07) is 18.1. The van der Waals surface area contributed by atoms with Crippen LogP contribution in [-0.2, 0) is 27.5 Å². The van der Waals surface area contributed by atoms with E-state index < -0.39 is 28.7 Å². The van der Waals surface area contributed by atoms with Crippen molar-refractivity contribution in [1.82, 2.24) is 15.5 Å². The van der Waals surface area contributed by atoms with Crippen LogP contribution in [0.4, 0.5) is 0 Å². The minimum Gasteiger partial charge on any atom is -0.394 e. The van der Waals surface area contributed by atoms with Gasteiger partial charge < -0.3 is 20.6 Å². The highest BCUT2D eigenvalue weighted by Crippen LogP contribution is 2.68. The van der Waals surface area contributed by atoms with Crippen LogP contribution < -0.4 is 10.6 Å². The number of carbonyl (C=O) groups is 3. The maximum atomic E-state index is 14.3. The van der Waals surface area contributed by atoms with Crippen molar-refractivity contribution < 1.29 is 19.5 Å². The minimum atomic E-state index is -0.771. The maximum Gasteiger partial charge on any atom is 0.244 e. The molecule has 2 bridgehead atoms. The molecule has 0 aliphatic carbocycles. The molecule has 39 heavy (non-hydrogen) atoms. The number of benzene rings is 2. The summed E-state index contributed by atoms with van der Waals surface area (Å²) in [7, 11) is 0. The summed E-state index contributed by atoms with van der Waals surface area (Å²) >= 11 is 5.42. The Kier molecular flexibility index (Phi) is 8.40. The molecule has 0 radical (unpaired) electrons. The summed E-state index contributed by atoms with van der Waals surface area (Å²) in [5.41, 5.74) is 1.96. The van der Waals surface area contributed by atoms with Crippen LogP contribution in [0.2, 0.25) is 0 Å². The first kappa shape index (κ1) is 28.2. The first-order chi connectivity index (χ1) is 18.8. The van der Waals surface area contributed by atoms with Crippen molar-refractivity contribution in [2.24, 2.45) is 17.8 Å². The third-order valence-electron chi connectivity index (χ3n) is 8.74. The molecule has 3 saturated heterocycles. The molecule has 3 aliphatic rings. The van der Waals surface area contributed by atoms with Gasteiger partial charge in [0.1, 0.15) is 6.04 Å². The average Bonchev–Trinajstić information content (AvgIpc) is 3.55. The Bertz CT molecular complexity index is 1200. The van der Waals surface area contributed by atoms with E-state index in [0.717, 1.165) is 17.5 Å². The number of thioether (sulfide) groups is 1. The van der Waals surface area contributed by atoms with E-state index in [4.69, 9.17) is 0 Å². The summed E-state index contributed by atoms with van der Waals surface area (Å²) in [6.07, 6.45) is 1.36. The van der Waals surface area contributed by atoms with Crippen LogP contribution in [0.1, 0.15) is 37.8 Å². The first-order valence-electron chi connectivity index (χ1n) is 13.7. The van der Waals surface area contributed by atoms with Gasteiger partial charge in [0, 0.05) is 23.2 Å². The lowest BCUT2D eigenvalue weighted by molar-refractivity contribution is -0.144. The number of aliphatic hydroxyl groups is 1. The molecule has 3 unspecified atom stereocenters. The van der Waals surface area contributed by atoms with Crippen molar-refractivity contribution in [2.45, 2.75) is 66.7 Å². The van der Waals surface area contributed by atoms with Gasteiger partial charge in [0.2, 0.25) is 17.7 Å². The zero-order chi connectivity index (χ0) is 27.7. The molecule has 3 N–H and O–H groups in total. The zero-order valence-electron chi connectivity index (χ0n) is 22.3. The molecule has 9 heteroatoms. The van der Waals surface area contributed by atoms with Gasteiger partial charge in [-0.05, 0) is 23.5 Å². The molecular formula is C30H36BrN3O4S. The second-order valence-corrected chi connectivity index (χ2v) is 13.7. The van der Waals surface area contributed by atoms with E-state index in [1.165, 1.54) is 0 Å². The van der Waals surface area contributed by atoms with E-state index in [1.807, 2.05) is 74.5 Å². The monoisotopic (exact) mass is 613 g/mol. The van der Waals surface area contributed by atoms with Gasteiger partial charge in [-0.1, -0.05) is 96.9 Å². The van der Waals surface area contributed by atoms with Gasteiger partial charge in [-0.15, -0.1) is 11.8 Å². The smallest absolute Gasteiger partial charge is 0.244 e. The van der Waals surface area contributed by atoms with E-state index >= 15 is 0 Å². The highest BCUT2D eigenvalue weighted by molar-refractivity contribution is 9.09. The van der Waals surface area contributed by atoms with Crippen LogP contribution in [0, 0.1) is 17.8 Å². The molecular weight excluding hydrogens is 578 g/mol. The van der Waals surface area contributed by atoms with Crippen LogP contribution in [-0.4, -0.2) is 61.2 Å². The number of hydrogen-bond acceptors (Lipinski definition) is 5. The van der Waals surface area contributed by atoms with Crippen molar-refractivity contribution in [2.75, 3.05) is 6.61 Å². The fourth-order valence-corrected chi connectivity index (χ4v) is 10.2. The SMILES string of the molecule is CC[C@H](C)[C@H](CO)N1C(=O)[C@@H]2[C@@H](C(=O)NCc3ccccc3)[C@@H]3SC2(CC3Br)C1C(=O)NCc1ccccc1. The van der Waals surface area contributed by atoms with Crippen LogP contribution >= 0.6 is 27.7 Å². The van der Waals surface area contributed by atoms with Crippen LogP contribution in [0.3, 0.4) is 0 Å². The molecule has 1 spiro atoms. The van der Waals surface area contributed by atoms with Gasteiger partial charge in [-0.3, -0.25) is 14.4 Å². The Morgan fingerprint density at radius 2 is 1.62 bits per heavy atom. The Labute approximate surface area is 242 Å². The minimum absolute atomic E-state index is 0.000395. The third kappa shape index (κ3) is 5.02. The standard InChI is InChI=1S/C30H36BrN3O4S/c1-3-18(2)22(17-35)34-26(28(37)33-16-20-12-8-5-9-13-20)30-14-21(31)25(39-30)23(24(30)29(34)38)27(36)32-15-19-10-6-4-7-11-19/h4-13,18,21-26,35H,3,14-17H2,1-2H3,(H,32,36)(H,33,37)/t18-,21?,22-,23+,24-,25+,26?,30?/m0/s1. The molecule has 2 aromatic carbocycles. The molecule has 8 atom stereocenters. The lowest BCUT2D eigenvalue weighted by Crippen LogP contribution is -2.58. The molecule has 3 heterocycles. The van der Waals surface area contributed by atoms with Gasteiger partial charge >= 0.3 is 0 Å². The third-order valence-corrected chi connectivity index (χ3v) is 12.0. The molecule has 208 valence electrons. The number of nitrogens with zero attached hydrogens (tertiary/aromatic N) is 1. The van der Waals surface area contributed by atoms with Crippen LogP contribution in [0.5, 0.6) is 0 Å². The van der Waals surface area contributed by atoms with Gasteiger partial charge in [0.15, 0.2) is 0 Å². The number of rotatable bonds is 10. The van der Waals surface area contributed by atoms with Gasteiger partial charge in [0.25, 0.3) is 0 Å². The summed E-state index contributed by atoms with van der Waals surface area (Å²) in [6.45, 7) is 4.51. The van der Waals surface area contributed by atoms with E-state index in [2.05, 4.69) is 26.6 Å². The van der Waals surface area contributed by atoms with Crippen molar-refractivity contribution in [3.05, 3.63) is 71.8 Å². The first-order valence-corrected chi connectivity index (χ1v) is 15.5. The Morgan fingerprint density at radius 1 is 1.05 bits per heavy atom. The summed E-state index contributed by atoms with van der Waals surface area (Å²) in [4.78, 5) is 43.7. The van der Waals surface area contributed by atoms with Gasteiger partial charge in [0.05, 0.1) is 29.2 Å². The Balaban J connectivity index is 1.47. The predicted molar refractivity (Wildman–Crippen MR) is 156 cm³/mol. The summed E-state index contributed by atoms with van der Waals surface area (Å²) in [5, 5.41) is 16.5. The fourth-order valence-electron chi connectivity index (χ4n) is 6.62. The second-order valence-electron chi connectivity index (χ2n) is 11.0. The lowest BCUT2D eigenvalue weighted by Gasteiger charge is -2.39. The van der Waals surface area contributed by atoms with E-state index in [1.54, 1.807) is 16.7 Å². The zero-order valence-corrected chi connectivity index (χ0v) is 24.7. The van der Waals surface area contributed by atoms with Crippen LogP contribution in [0.15, 0.2) is 60.7 Å². The molecule has 5 rings (SSSR count). The van der Waals surface area contributed by atoms with Crippen molar-refractivity contribution >= 4 is 45.4 Å². The summed E-state index contributed by atoms with van der Waals surface area (Å²) in [5.74, 6) is -1.77. The molecule has 0 saturated carbocycles. The number of alkyl halides is 1. The largest absolute Gasteiger partial charge is 0.394 e. The Hall–Kier alpha value is -2.36. The topological polar surface area (TPSA) is 98.7 Å². The number of amides is 3. The number of likely N-dealkylation sites (tertiary alicyclic amines) is 1. The number of nitrogens with one attached hydrogen (secondary N) is 2. The predicted octanol–water partition coefficient (Wildman–Crippen LogP) is 3.49. The van der Waals surface area contributed by atoms with Gasteiger partial charge in [-0.25, -0.2) is 0 Å². The van der Waals surface area contributed by atoms with Gasteiger partial charge in [-0.2, -0.15) is 0 Å². The number of hydrogen-bond donors (Lipinski definition) is 3. The highest BCUT2D eigenvalue weighted by atomic mass is 79.9. The number of carbonyl (C=O) groups excluding carboxylic acids is 3. The Morgan fingerprint density at radius 3 is 2.15 bits per heavy atom. The maximum absolute atomic E-state index is 14.3. The van der Waals surface area contributed by atoms with E-state index in [0.29, 0.717) is 19.5 Å². The average molecular weight is 615 g/mol. The molecule has 7 nitrogen and oxygen atoms in total. The van der Waals surface area contributed by atoms with Crippen LogP contribution in [0.25, 0.3) is 0 Å². The normalized spacial score (nSPS) is 30.6. The molecule has 3 fully saturated rings. The quantitative estimate of drug-likeness (QED) is 0.356. The molecule has 2 aromatic rings. The molecule has 3 aliphatic heterocycles. The summed E-state index contributed by atoms with van der Waals surface area (Å²) < 4.78 is -0.744. The number of fused-ring (bicyclic) bond motifs is 1. The van der Waals surface area contributed by atoms with Crippen molar-refractivity contribution in [3.8, 4) is 0 Å². The number of halogens is 1. The highest BCUT2D eigenvalue weighted by Gasteiger charge is 2.76. The lowest BCUT2D eigenvalue weighted by atomic mass is 9.70. The molecule has 3 amide bonds. The van der Waals surface area contributed by atoms with Crippen molar-refractivity contribution in [1.29, 1.82) is 0 Å².